The molecule has 3 heteroatoms. The number of carbonyl (C=O) groups excluding carboxylic acids is 1. The highest BCUT2D eigenvalue weighted by Crippen LogP contribution is 2.15. The average Bonchev–Trinajstić information content (AvgIpc) is 2.26. The normalized spacial score (nSPS) is 19.1. The minimum Gasteiger partial charge on any atom is -0.343 e. The van der Waals surface area contributed by atoms with E-state index in [9.17, 15) is 4.79 Å². The Labute approximate surface area is 93.4 Å². The van der Waals surface area contributed by atoms with E-state index in [2.05, 4.69) is 18.9 Å². The number of amides is 1. The quantitative estimate of drug-likeness (QED) is 0.708. The second-order valence-corrected chi connectivity index (χ2v) is 4.64. The highest BCUT2D eigenvalue weighted by molar-refractivity contribution is 5.76. The molecule has 1 aliphatic rings. The molecule has 1 fully saturated rings. The molecule has 0 bridgehead atoms. The zero-order chi connectivity index (χ0) is 11.3. The van der Waals surface area contributed by atoms with Crippen molar-refractivity contribution in [3.63, 3.8) is 0 Å². The lowest BCUT2D eigenvalue weighted by Crippen LogP contribution is -2.44. The third-order valence-electron chi connectivity index (χ3n) is 3.37. The summed E-state index contributed by atoms with van der Waals surface area (Å²) in [6.07, 6.45) is 5.11. The van der Waals surface area contributed by atoms with E-state index >= 15 is 0 Å². The van der Waals surface area contributed by atoms with Crippen molar-refractivity contribution in [1.29, 1.82) is 0 Å². The Bertz CT molecular complexity index is 198. The molecule has 0 aromatic carbocycles. The summed E-state index contributed by atoms with van der Waals surface area (Å²) in [4.78, 5) is 16.1. The Hall–Kier alpha value is -0.570. The number of hydrogen-bond acceptors (Lipinski definition) is 2. The number of carbonyl (C=O) groups is 1. The van der Waals surface area contributed by atoms with Crippen LogP contribution in [0.3, 0.4) is 0 Å². The van der Waals surface area contributed by atoms with Crippen molar-refractivity contribution in [2.24, 2.45) is 0 Å². The van der Waals surface area contributed by atoms with Crippen molar-refractivity contribution in [1.82, 2.24) is 9.80 Å². The molecule has 1 aliphatic heterocycles. The second kappa shape index (κ2) is 6.11. The van der Waals surface area contributed by atoms with Crippen LogP contribution in [0.25, 0.3) is 0 Å². The Morgan fingerprint density at radius 2 is 2.00 bits per heavy atom. The molecule has 1 rings (SSSR count). The number of piperidine rings is 1. The summed E-state index contributed by atoms with van der Waals surface area (Å²) < 4.78 is 0. The molecular formula is C12H24N2O. The van der Waals surface area contributed by atoms with Crippen LogP contribution in [0.1, 0.15) is 39.0 Å². The van der Waals surface area contributed by atoms with Gasteiger partial charge in [-0.05, 0) is 39.4 Å². The lowest BCUT2D eigenvalue weighted by atomic mass is 10.0. The van der Waals surface area contributed by atoms with Crippen LogP contribution < -0.4 is 0 Å². The number of nitrogens with zero attached hydrogens (tertiary/aromatic N) is 2. The van der Waals surface area contributed by atoms with Gasteiger partial charge in [-0.15, -0.1) is 0 Å². The van der Waals surface area contributed by atoms with Crippen molar-refractivity contribution >= 4 is 5.91 Å². The monoisotopic (exact) mass is 212 g/mol. The van der Waals surface area contributed by atoms with Crippen molar-refractivity contribution in [3.05, 3.63) is 0 Å². The molecule has 3 nitrogen and oxygen atoms in total. The van der Waals surface area contributed by atoms with Gasteiger partial charge in [0.15, 0.2) is 0 Å². The molecule has 1 heterocycles. The molecule has 0 N–H and O–H groups in total. The molecule has 0 unspecified atom stereocenters. The maximum absolute atomic E-state index is 11.8. The number of rotatable bonds is 4. The summed E-state index contributed by atoms with van der Waals surface area (Å²) in [7, 11) is 4.11. The molecule has 88 valence electrons. The zero-order valence-corrected chi connectivity index (χ0v) is 10.3. The molecule has 1 amide bonds. The van der Waals surface area contributed by atoms with Crippen LogP contribution in [-0.2, 0) is 4.79 Å². The Balaban J connectivity index is 2.32. The maximum atomic E-state index is 11.8. The smallest absolute Gasteiger partial charge is 0.222 e. The van der Waals surface area contributed by atoms with Crippen LogP contribution in [-0.4, -0.2) is 48.9 Å². The first-order valence-corrected chi connectivity index (χ1v) is 6.09. The Kier molecular flexibility index (Phi) is 5.09. The fourth-order valence-electron chi connectivity index (χ4n) is 2.09. The molecular weight excluding hydrogens is 188 g/mol. The zero-order valence-electron chi connectivity index (χ0n) is 10.3. The van der Waals surface area contributed by atoms with Crippen molar-refractivity contribution in [2.45, 2.75) is 45.1 Å². The largest absolute Gasteiger partial charge is 0.343 e. The van der Waals surface area contributed by atoms with Crippen molar-refractivity contribution in [3.8, 4) is 0 Å². The lowest BCUT2D eigenvalue weighted by molar-refractivity contribution is -0.132. The van der Waals surface area contributed by atoms with Crippen LogP contribution in [0, 0.1) is 0 Å². The fourth-order valence-corrected chi connectivity index (χ4v) is 2.09. The van der Waals surface area contributed by atoms with E-state index in [1.54, 1.807) is 0 Å². The molecule has 0 atom stereocenters. The van der Waals surface area contributed by atoms with Gasteiger partial charge in [-0.3, -0.25) is 4.79 Å². The molecule has 0 radical (unpaired) electrons. The Morgan fingerprint density at radius 3 is 2.53 bits per heavy atom. The molecule has 1 saturated heterocycles. The minimum absolute atomic E-state index is 0.325. The van der Waals surface area contributed by atoms with Gasteiger partial charge in [-0.1, -0.05) is 13.3 Å². The summed E-state index contributed by atoms with van der Waals surface area (Å²) in [5.41, 5.74) is 0. The summed E-state index contributed by atoms with van der Waals surface area (Å²) in [6.45, 7) is 4.37. The van der Waals surface area contributed by atoms with E-state index in [0.717, 1.165) is 45.2 Å². The van der Waals surface area contributed by atoms with E-state index in [1.165, 1.54) is 0 Å². The van der Waals surface area contributed by atoms with Crippen LogP contribution in [0.15, 0.2) is 0 Å². The highest BCUT2D eigenvalue weighted by Gasteiger charge is 2.23. The van der Waals surface area contributed by atoms with Crippen LogP contribution >= 0.6 is 0 Å². The van der Waals surface area contributed by atoms with Gasteiger partial charge < -0.3 is 9.80 Å². The van der Waals surface area contributed by atoms with Gasteiger partial charge >= 0.3 is 0 Å². The molecule has 0 saturated carbocycles. The van der Waals surface area contributed by atoms with Gasteiger partial charge in [0.1, 0.15) is 0 Å². The van der Waals surface area contributed by atoms with E-state index in [-0.39, 0.29) is 0 Å². The van der Waals surface area contributed by atoms with Crippen molar-refractivity contribution in [2.75, 3.05) is 27.2 Å². The summed E-state index contributed by atoms with van der Waals surface area (Å²) in [5, 5.41) is 0. The highest BCUT2D eigenvalue weighted by atomic mass is 16.2. The predicted molar refractivity (Wildman–Crippen MR) is 62.8 cm³/mol. The van der Waals surface area contributed by atoms with Crippen LogP contribution in [0.4, 0.5) is 0 Å². The topological polar surface area (TPSA) is 23.6 Å². The SMILES string of the molecule is CCCCC(=O)N(C)C1CCN(C)CC1. The summed E-state index contributed by atoms with van der Waals surface area (Å²) in [5.74, 6) is 0.325. The van der Waals surface area contributed by atoms with Gasteiger partial charge in [0.05, 0.1) is 0 Å². The average molecular weight is 212 g/mol. The number of unbranched alkanes of at least 4 members (excludes halogenated alkanes) is 1. The molecule has 0 aromatic heterocycles. The van der Waals surface area contributed by atoms with Gasteiger partial charge in [0.25, 0.3) is 0 Å². The third kappa shape index (κ3) is 3.82. The first kappa shape index (κ1) is 12.5. The number of likely N-dealkylation sites (tertiary alicyclic amines) is 1. The van der Waals surface area contributed by atoms with Crippen molar-refractivity contribution < 1.29 is 4.79 Å². The van der Waals surface area contributed by atoms with E-state index in [0.29, 0.717) is 11.9 Å². The van der Waals surface area contributed by atoms with E-state index in [4.69, 9.17) is 0 Å². The fraction of sp³-hybridized carbons (Fsp3) is 0.917. The Morgan fingerprint density at radius 1 is 1.40 bits per heavy atom. The van der Waals surface area contributed by atoms with Gasteiger partial charge in [0.2, 0.25) is 5.91 Å². The van der Waals surface area contributed by atoms with E-state index in [1.807, 2.05) is 11.9 Å². The number of hydrogen-bond donors (Lipinski definition) is 0. The van der Waals surface area contributed by atoms with Gasteiger partial charge in [-0.25, -0.2) is 0 Å². The van der Waals surface area contributed by atoms with Gasteiger partial charge in [0, 0.05) is 19.5 Å². The predicted octanol–water partition coefficient (Wildman–Crippen LogP) is 1.73. The third-order valence-corrected chi connectivity index (χ3v) is 3.37. The first-order chi connectivity index (χ1) is 7.15. The minimum atomic E-state index is 0.325. The maximum Gasteiger partial charge on any atom is 0.222 e. The second-order valence-electron chi connectivity index (χ2n) is 4.64. The lowest BCUT2D eigenvalue weighted by Gasteiger charge is -2.35. The van der Waals surface area contributed by atoms with Crippen LogP contribution in [0.2, 0.25) is 0 Å². The van der Waals surface area contributed by atoms with Crippen LogP contribution in [0.5, 0.6) is 0 Å². The summed E-state index contributed by atoms with van der Waals surface area (Å²) in [6, 6.07) is 0.477. The molecule has 0 aromatic rings. The molecule has 0 aliphatic carbocycles. The first-order valence-electron chi connectivity index (χ1n) is 6.09. The van der Waals surface area contributed by atoms with E-state index < -0.39 is 0 Å². The standard InChI is InChI=1S/C12H24N2O/c1-4-5-6-12(15)14(3)11-7-9-13(2)10-8-11/h11H,4-10H2,1-3H3. The molecule has 15 heavy (non-hydrogen) atoms. The summed E-state index contributed by atoms with van der Waals surface area (Å²) >= 11 is 0. The molecule has 0 spiro atoms. The van der Waals surface area contributed by atoms with Gasteiger partial charge in [-0.2, -0.15) is 0 Å².